The molecule has 0 bridgehead atoms. The molecule has 0 aliphatic rings. The Morgan fingerprint density at radius 3 is 2.42 bits per heavy atom. The summed E-state index contributed by atoms with van der Waals surface area (Å²) in [4.78, 5) is 37.7. The molecule has 1 amide bonds. The lowest BCUT2D eigenvalue weighted by Crippen LogP contribution is -2.43. The number of thioether (sulfide) groups is 1. The summed E-state index contributed by atoms with van der Waals surface area (Å²) < 4.78 is 24.9. The second-order valence-corrected chi connectivity index (χ2v) is 10.6. The van der Waals surface area contributed by atoms with E-state index in [0.717, 1.165) is 22.1 Å². The van der Waals surface area contributed by atoms with Gasteiger partial charge in [-0.15, -0.1) is 0 Å². The van der Waals surface area contributed by atoms with Crippen LogP contribution in [-0.2, 0) is 21.8 Å². The standard InChI is InChI=1S/C31H26FNO6S/c1-17-22-12-24-25(20-8-10-21(32)11-9-20)14-38-28(24)18(2)29(22)39-31(37)23(17)13-27(34)33-26(30(35)36)16-40-15-19-6-4-3-5-7-19/h3-12,14,26H,13,15-16H2,1-2H3,(H,33,34)(H,35,36). The topological polar surface area (TPSA) is 110 Å². The van der Waals surface area contributed by atoms with Crippen molar-refractivity contribution in [1.29, 1.82) is 0 Å². The molecular formula is C31H26FNO6S. The lowest BCUT2D eigenvalue weighted by Gasteiger charge is -2.15. The van der Waals surface area contributed by atoms with E-state index in [1.165, 1.54) is 23.9 Å². The van der Waals surface area contributed by atoms with Crippen molar-refractivity contribution >= 4 is 45.6 Å². The number of carboxylic acids is 1. The van der Waals surface area contributed by atoms with Gasteiger partial charge in [0.05, 0.1) is 18.2 Å². The van der Waals surface area contributed by atoms with Crippen LogP contribution in [0.5, 0.6) is 0 Å². The molecule has 1 unspecified atom stereocenters. The second-order valence-electron chi connectivity index (χ2n) is 9.54. The molecule has 0 saturated carbocycles. The first-order valence-corrected chi connectivity index (χ1v) is 13.7. The molecule has 2 heterocycles. The number of amides is 1. The number of nitrogens with one attached hydrogen (secondary N) is 1. The molecule has 5 aromatic rings. The van der Waals surface area contributed by atoms with Crippen LogP contribution in [0.1, 0.15) is 22.3 Å². The van der Waals surface area contributed by atoms with Gasteiger partial charge in [0.15, 0.2) is 0 Å². The molecule has 0 aliphatic carbocycles. The van der Waals surface area contributed by atoms with Crippen molar-refractivity contribution in [3.8, 4) is 11.1 Å². The van der Waals surface area contributed by atoms with E-state index in [4.69, 9.17) is 8.83 Å². The number of halogens is 1. The fourth-order valence-corrected chi connectivity index (χ4v) is 5.71. The summed E-state index contributed by atoms with van der Waals surface area (Å²) in [6.45, 7) is 3.51. The van der Waals surface area contributed by atoms with Gasteiger partial charge in [-0.2, -0.15) is 11.8 Å². The van der Waals surface area contributed by atoms with E-state index in [0.29, 0.717) is 33.4 Å². The van der Waals surface area contributed by atoms with Crippen LogP contribution in [0.15, 0.2) is 80.6 Å². The van der Waals surface area contributed by atoms with Crippen LogP contribution in [0.25, 0.3) is 33.1 Å². The molecule has 0 saturated heterocycles. The van der Waals surface area contributed by atoms with Gasteiger partial charge in [0.2, 0.25) is 5.91 Å². The quantitative estimate of drug-likeness (QED) is 0.213. The van der Waals surface area contributed by atoms with Crippen molar-refractivity contribution < 1.29 is 27.9 Å². The number of aliphatic carboxylic acids is 1. The third kappa shape index (κ3) is 5.51. The molecule has 5 rings (SSSR count). The Bertz CT molecular complexity index is 1780. The lowest BCUT2D eigenvalue weighted by molar-refractivity contribution is -0.141. The average Bonchev–Trinajstić information content (AvgIpc) is 3.36. The number of furan rings is 1. The van der Waals surface area contributed by atoms with Gasteiger partial charge in [-0.25, -0.2) is 14.0 Å². The predicted octanol–water partition coefficient (Wildman–Crippen LogP) is 6.01. The number of carbonyl (C=O) groups excluding carboxylic acids is 1. The number of carbonyl (C=O) groups is 2. The summed E-state index contributed by atoms with van der Waals surface area (Å²) in [7, 11) is 0. The van der Waals surface area contributed by atoms with Crippen molar-refractivity contribution in [2.75, 3.05) is 5.75 Å². The average molecular weight is 560 g/mol. The molecule has 0 radical (unpaired) electrons. The maximum Gasteiger partial charge on any atom is 0.340 e. The lowest BCUT2D eigenvalue weighted by atomic mass is 9.97. The van der Waals surface area contributed by atoms with Crippen LogP contribution in [0.2, 0.25) is 0 Å². The van der Waals surface area contributed by atoms with Crippen LogP contribution >= 0.6 is 11.8 Å². The van der Waals surface area contributed by atoms with Crippen LogP contribution in [-0.4, -0.2) is 28.8 Å². The number of fused-ring (bicyclic) bond motifs is 2. The summed E-state index contributed by atoms with van der Waals surface area (Å²) in [6, 6.07) is 16.4. The van der Waals surface area contributed by atoms with Crippen LogP contribution in [0, 0.1) is 19.7 Å². The van der Waals surface area contributed by atoms with Gasteiger partial charge in [0.1, 0.15) is 23.0 Å². The molecule has 1 atom stereocenters. The number of carboxylic acid groups (broad SMARTS) is 1. The Hall–Kier alpha value is -4.37. The fraction of sp³-hybridized carbons (Fsp3) is 0.194. The Morgan fingerprint density at radius 2 is 1.73 bits per heavy atom. The van der Waals surface area contributed by atoms with Crippen molar-refractivity contribution in [3.05, 3.63) is 105 Å². The van der Waals surface area contributed by atoms with Crippen molar-refractivity contribution in [1.82, 2.24) is 5.32 Å². The van der Waals surface area contributed by atoms with Gasteiger partial charge in [-0.3, -0.25) is 4.79 Å². The zero-order valence-corrected chi connectivity index (χ0v) is 22.6. The zero-order valence-electron chi connectivity index (χ0n) is 21.8. The van der Waals surface area contributed by atoms with Crippen LogP contribution in [0.4, 0.5) is 4.39 Å². The van der Waals surface area contributed by atoms with Gasteiger partial charge in [-0.05, 0) is 48.7 Å². The molecule has 0 spiro atoms. The number of hydrogen-bond donors (Lipinski definition) is 2. The first kappa shape index (κ1) is 27.2. The van der Waals surface area contributed by atoms with Gasteiger partial charge in [0, 0.05) is 33.4 Å². The first-order chi connectivity index (χ1) is 19.2. The summed E-state index contributed by atoms with van der Waals surface area (Å²) >= 11 is 1.40. The highest BCUT2D eigenvalue weighted by Gasteiger charge is 2.23. The number of hydrogen-bond acceptors (Lipinski definition) is 6. The highest BCUT2D eigenvalue weighted by molar-refractivity contribution is 7.98. The summed E-state index contributed by atoms with van der Waals surface area (Å²) in [6.07, 6.45) is 1.25. The van der Waals surface area contributed by atoms with Gasteiger partial charge >= 0.3 is 11.6 Å². The largest absolute Gasteiger partial charge is 0.480 e. The molecule has 3 aromatic carbocycles. The number of aryl methyl sites for hydroxylation is 2. The van der Waals surface area contributed by atoms with E-state index in [9.17, 15) is 23.9 Å². The van der Waals surface area contributed by atoms with E-state index >= 15 is 0 Å². The first-order valence-electron chi connectivity index (χ1n) is 12.6. The summed E-state index contributed by atoms with van der Waals surface area (Å²) in [5, 5.41) is 13.6. The predicted molar refractivity (Wildman–Crippen MR) is 153 cm³/mol. The molecule has 40 heavy (non-hydrogen) atoms. The normalized spacial score (nSPS) is 12.1. The smallest absolute Gasteiger partial charge is 0.340 e. The molecule has 204 valence electrons. The Balaban J connectivity index is 1.41. The van der Waals surface area contributed by atoms with E-state index < -0.39 is 23.5 Å². The highest BCUT2D eigenvalue weighted by atomic mass is 32.2. The van der Waals surface area contributed by atoms with Gasteiger partial charge < -0.3 is 19.3 Å². The van der Waals surface area contributed by atoms with Crippen LogP contribution in [0.3, 0.4) is 0 Å². The third-order valence-corrected chi connectivity index (χ3v) is 7.97. The van der Waals surface area contributed by atoms with E-state index in [1.807, 2.05) is 36.4 Å². The Kier molecular flexibility index (Phi) is 7.75. The maximum absolute atomic E-state index is 13.5. The van der Waals surface area contributed by atoms with Gasteiger partial charge in [-0.1, -0.05) is 42.5 Å². The molecular weight excluding hydrogens is 533 g/mol. The Morgan fingerprint density at radius 1 is 1.00 bits per heavy atom. The van der Waals surface area contributed by atoms with Crippen molar-refractivity contribution in [3.63, 3.8) is 0 Å². The van der Waals surface area contributed by atoms with Crippen LogP contribution < -0.4 is 10.9 Å². The minimum Gasteiger partial charge on any atom is -0.480 e. The van der Waals surface area contributed by atoms with E-state index in [-0.39, 0.29) is 23.6 Å². The monoisotopic (exact) mass is 559 g/mol. The van der Waals surface area contributed by atoms with Crippen molar-refractivity contribution in [2.45, 2.75) is 32.1 Å². The molecule has 2 aromatic heterocycles. The molecule has 7 nitrogen and oxygen atoms in total. The SMILES string of the molecule is Cc1c(CC(=O)NC(CSCc2ccccc2)C(=O)O)c(=O)oc2c(C)c3occ(-c4ccc(F)cc4)c3cc12. The summed E-state index contributed by atoms with van der Waals surface area (Å²) in [5.74, 6) is -1.31. The molecule has 2 N–H and O–H groups in total. The zero-order chi connectivity index (χ0) is 28.4. The third-order valence-electron chi connectivity index (χ3n) is 6.86. The van der Waals surface area contributed by atoms with E-state index in [1.54, 1.807) is 32.2 Å². The number of benzene rings is 3. The van der Waals surface area contributed by atoms with Gasteiger partial charge in [0.25, 0.3) is 0 Å². The second kappa shape index (κ2) is 11.4. The molecule has 9 heteroatoms. The van der Waals surface area contributed by atoms with E-state index in [2.05, 4.69) is 5.32 Å². The molecule has 0 aliphatic heterocycles. The number of rotatable bonds is 9. The minimum absolute atomic E-state index is 0.150. The maximum atomic E-state index is 13.5. The van der Waals surface area contributed by atoms with Crippen molar-refractivity contribution in [2.24, 2.45) is 0 Å². The Labute approximate surface area is 233 Å². The molecule has 0 fully saturated rings. The highest BCUT2D eigenvalue weighted by Crippen LogP contribution is 2.37. The minimum atomic E-state index is -1.15. The summed E-state index contributed by atoms with van der Waals surface area (Å²) in [5.41, 5.74) is 4.12. The fourth-order valence-electron chi connectivity index (χ4n) is 4.70.